The van der Waals surface area contributed by atoms with E-state index >= 15 is 0 Å². The molecule has 3 nitrogen and oxygen atoms in total. The Morgan fingerprint density at radius 2 is 1.40 bits per heavy atom. The first-order chi connectivity index (χ1) is 14.2. The van der Waals surface area contributed by atoms with Crippen LogP contribution in [-0.2, 0) is 9.31 Å². The van der Waals surface area contributed by atoms with E-state index in [1.165, 1.54) is 27.5 Å². The van der Waals surface area contributed by atoms with Crippen molar-refractivity contribution >= 4 is 34.4 Å². The lowest BCUT2D eigenvalue weighted by atomic mass is 9.73. The van der Waals surface area contributed by atoms with Gasteiger partial charge in [0, 0.05) is 27.3 Å². The molecular formula is C26H28BNO2. The Morgan fingerprint density at radius 3 is 2.07 bits per heavy atom. The molecule has 0 saturated carbocycles. The summed E-state index contributed by atoms with van der Waals surface area (Å²) in [7, 11) is -0.442. The van der Waals surface area contributed by atoms with Gasteiger partial charge in [-0.2, -0.15) is 0 Å². The zero-order valence-corrected chi connectivity index (χ0v) is 18.6. The van der Waals surface area contributed by atoms with Crippen molar-refractivity contribution in [2.75, 3.05) is 0 Å². The number of hydrogen-bond acceptors (Lipinski definition) is 2. The van der Waals surface area contributed by atoms with E-state index in [0.717, 1.165) is 22.1 Å². The average molecular weight is 397 g/mol. The second-order valence-corrected chi connectivity index (χ2v) is 9.58. The van der Waals surface area contributed by atoms with E-state index in [-0.39, 0.29) is 0 Å². The first-order valence-corrected chi connectivity index (χ1v) is 10.6. The van der Waals surface area contributed by atoms with Gasteiger partial charge in [0.2, 0.25) is 0 Å². The van der Waals surface area contributed by atoms with Crippen molar-refractivity contribution in [3.05, 3.63) is 65.7 Å². The molecule has 0 unspecified atom stereocenters. The minimum absolute atomic E-state index is 0.397. The molecular weight excluding hydrogens is 369 g/mol. The quantitative estimate of drug-likeness (QED) is 0.427. The van der Waals surface area contributed by atoms with Gasteiger partial charge in [0.1, 0.15) is 0 Å². The van der Waals surface area contributed by atoms with Crippen LogP contribution in [0.15, 0.2) is 54.6 Å². The van der Waals surface area contributed by atoms with E-state index in [4.69, 9.17) is 9.31 Å². The highest BCUT2D eigenvalue weighted by molar-refractivity contribution is 6.67. The van der Waals surface area contributed by atoms with Gasteiger partial charge in [-0.15, -0.1) is 0 Å². The molecule has 1 aromatic heterocycles. The van der Waals surface area contributed by atoms with Gasteiger partial charge in [0.25, 0.3) is 0 Å². The van der Waals surface area contributed by atoms with Crippen LogP contribution in [0.3, 0.4) is 0 Å². The zero-order chi connectivity index (χ0) is 21.3. The molecule has 0 radical (unpaired) electrons. The standard InChI is InChI=1S/C26H28BNO2/c1-16-13-17(2)15-18(14-16)19-11-12-21-20-9-7-8-10-22(20)28-24(21)23(19)27-29-25(3,4)26(5,6)30-27/h7-15,28H,1-6H3. The fraction of sp³-hybridized carbons (Fsp3) is 0.308. The van der Waals surface area contributed by atoms with Crippen molar-refractivity contribution in [1.82, 2.24) is 4.98 Å². The topological polar surface area (TPSA) is 34.2 Å². The Labute approximate surface area is 178 Å². The highest BCUT2D eigenvalue weighted by atomic mass is 16.7. The van der Waals surface area contributed by atoms with Crippen molar-refractivity contribution in [3.63, 3.8) is 0 Å². The molecule has 0 atom stereocenters. The monoisotopic (exact) mass is 397 g/mol. The van der Waals surface area contributed by atoms with Crippen molar-refractivity contribution in [2.45, 2.75) is 52.7 Å². The van der Waals surface area contributed by atoms with Gasteiger partial charge >= 0.3 is 7.12 Å². The first kappa shape index (κ1) is 19.4. The fourth-order valence-electron chi connectivity index (χ4n) is 4.53. The summed E-state index contributed by atoms with van der Waals surface area (Å²) < 4.78 is 13.1. The average Bonchev–Trinajstić information content (AvgIpc) is 3.13. The lowest BCUT2D eigenvalue weighted by Crippen LogP contribution is -2.41. The van der Waals surface area contributed by atoms with E-state index in [2.05, 4.69) is 101 Å². The van der Waals surface area contributed by atoms with Crippen LogP contribution in [0.4, 0.5) is 0 Å². The van der Waals surface area contributed by atoms with Crippen LogP contribution < -0.4 is 5.46 Å². The van der Waals surface area contributed by atoms with Gasteiger partial charge in [0.05, 0.1) is 11.2 Å². The van der Waals surface area contributed by atoms with Crippen LogP contribution in [0.25, 0.3) is 32.9 Å². The molecule has 0 bridgehead atoms. The number of para-hydroxylation sites is 1. The predicted molar refractivity (Wildman–Crippen MR) is 126 cm³/mol. The number of rotatable bonds is 2. The molecule has 5 rings (SSSR count). The summed E-state index contributed by atoms with van der Waals surface area (Å²) in [5.41, 5.74) is 7.35. The third kappa shape index (κ3) is 2.90. The number of aromatic amines is 1. The van der Waals surface area contributed by atoms with Crippen LogP contribution in [0.1, 0.15) is 38.8 Å². The molecule has 0 aliphatic carbocycles. The molecule has 1 aliphatic rings. The molecule has 3 aromatic carbocycles. The number of hydrogen-bond donors (Lipinski definition) is 1. The van der Waals surface area contributed by atoms with Crippen LogP contribution in [0.5, 0.6) is 0 Å². The SMILES string of the molecule is Cc1cc(C)cc(-c2ccc3c([nH]c4ccccc43)c2B2OC(C)(C)C(C)(C)O2)c1. The Bertz CT molecular complexity index is 1250. The summed E-state index contributed by atoms with van der Waals surface area (Å²) in [6.07, 6.45) is 0. The second-order valence-electron chi connectivity index (χ2n) is 9.58. The van der Waals surface area contributed by atoms with Crippen LogP contribution in [-0.4, -0.2) is 23.3 Å². The maximum Gasteiger partial charge on any atom is 0.497 e. The van der Waals surface area contributed by atoms with Gasteiger partial charge in [-0.25, -0.2) is 0 Å². The van der Waals surface area contributed by atoms with E-state index < -0.39 is 18.3 Å². The molecule has 0 amide bonds. The van der Waals surface area contributed by atoms with Crippen LogP contribution >= 0.6 is 0 Å². The van der Waals surface area contributed by atoms with Gasteiger partial charge in [-0.1, -0.05) is 59.7 Å². The summed E-state index contributed by atoms with van der Waals surface area (Å²) in [6, 6.07) is 19.6. The van der Waals surface area contributed by atoms with Gasteiger partial charge in [0.15, 0.2) is 0 Å². The second kappa shape index (κ2) is 6.47. The van der Waals surface area contributed by atoms with Crippen LogP contribution in [0, 0.1) is 13.8 Å². The van der Waals surface area contributed by atoms with E-state index in [1.807, 2.05) is 0 Å². The molecule has 1 N–H and O–H groups in total. The highest BCUT2D eigenvalue weighted by Gasteiger charge is 2.52. The summed E-state index contributed by atoms with van der Waals surface area (Å²) in [5, 5.41) is 2.42. The van der Waals surface area contributed by atoms with Crippen molar-refractivity contribution in [2.24, 2.45) is 0 Å². The molecule has 152 valence electrons. The third-order valence-corrected chi connectivity index (χ3v) is 6.74. The van der Waals surface area contributed by atoms with Crippen molar-refractivity contribution in [3.8, 4) is 11.1 Å². The van der Waals surface area contributed by atoms with Gasteiger partial charge in [-0.3, -0.25) is 0 Å². The molecule has 0 spiro atoms. The molecule has 1 saturated heterocycles. The molecule has 4 heteroatoms. The Hall–Kier alpha value is -2.56. The normalized spacial score (nSPS) is 17.9. The summed E-state index contributed by atoms with van der Waals surface area (Å²) in [5.74, 6) is 0. The highest BCUT2D eigenvalue weighted by Crippen LogP contribution is 2.39. The number of fused-ring (bicyclic) bond motifs is 3. The number of nitrogens with one attached hydrogen (secondary N) is 1. The minimum atomic E-state index is -0.442. The summed E-state index contributed by atoms with van der Waals surface area (Å²) in [4.78, 5) is 3.66. The number of benzene rings is 3. The number of aryl methyl sites for hydroxylation is 2. The van der Waals surface area contributed by atoms with E-state index in [1.54, 1.807) is 0 Å². The summed E-state index contributed by atoms with van der Waals surface area (Å²) in [6.45, 7) is 12.7. The van der Waals surface area contributed by atoms with Crippen LogP contribution in [0.2, 0.25) is 0 Å². The largest absolute Gasteiger partial charge is 0.497 e. The Morgan fingerprint density at radius 1 is 0.767 bits per heavy atom. The Kier molecular flexibility index (Phi) is 4.19. The van der Waals surface area contributed by atoms with Crippen molar-refractivity contribution < 1.29 is 9.31 Å². The maximum atomic E-state index is 6.53. The summed E-state index contributed by atoms with van der Waals surface area (Å²) >= 11 is 0. The molecule has 1 fully saturated rings. The zero-order valence-electron chi connectivity index (χ0n) is 18.6. The maximum absolute atomic E-state index is 6.53. The smallest absolute Gasteiger partial charge is 0.399 e. The minimum Gasteiger partial charge on any atom is -0.399 e. The molecule has 30 heavy (non-hydrogen) atoms. The number of aromatic nitrogens is 1. The Balaban J connectivity index is 1.82. The third-order valence-electron chi connectivity index (χ3n) is 6.74. The van der Waals surface area contributed by atoms with Gasteiger partial charge < -0.3 is 14.3 Å². The van der Waals surface area contributed by atoms with Gasteiger partial charge in [-0.05, 0) is 58.7 Å². The van der Waals surface area contributed by atoms with E-state index in [9.17, 15) is 0 Å². The molecule has 2 heterocycles. The van der Waals surface area contributed by atoms with E-state index in [0.29, 0.717) is 0 Å². The molecule has 1 aliphatic heterocycles. The van der Waals surface area contributed by atoms with Crippen molar-refractivity contribution in [1.29, 1.82) is 0 Å². The fourth-order valence-corrected chi connectivity index (χ4v) is 4.53. The first-order valence-electron chi connectivity index (χ1n) is 10.6. The lowest BCUT2D eigenvalue weighted by molar-refractivity contribution is 0.00578. The predicted octanol–water partition coefficient (Wildman–Crippen LogP) is 5.90. The lowest BCUT2D eigenvalue weighted by Gasteiger charge is -2.32. The molecule has 4 aromatic rings. The number of H-pyrrole nitrogens is 1.